The van der Waals surface area contributed by atoms with Crippen LogP contribution in [-0.4, -0.2) is 49.9 Å². The summed E-state index contributed by atoms with van der Waals surface area (Å²) in [6.45, 7) is 0.351. The molecule has 0 bridgehead atoms. The second-order valence-electron chi connectivity index (χ2n) is 7.01. The fraction of sp³-hybridized carbons (Fsp3) is 0.130. The summed E-state index contributed by atoms with van der Waals surface area (Å²) in [5.74, 6) is -1.90. The highest BCUT2D eigenvalue weighted by Crippen LogP contribution is 2.17. The average Bonchev–Trinajstić information content (AvgIpc) is 2.84. The first kappa shape index (κ1) is 24.4. The number of aromatic carboxylic acids is 1. The number of amides is 2. The Morgan fingerprint density at radius 1 is 0.941 bits per heavy atom. The van der Waals surface area contributed by atoms with E-state index in [2.05, 4.69) is 10.3 Å². The minimum Gasteiger partial charge on any atom is -0.496 e. The molecular weight excluding hydrogens is 462 g/mol. The molecule has 0 radical (unpaired) electrons. The number of methoxy groups -OCH3 is 1. The molecule has 0 fully saturated rings. The van der Waals surface area contributed by atoms with E-state index >= 15 is 0 Å². The lowest BCUT2D eigenvalue weighted by Crippen LogP contribution is -2.31. The molecule has 1 heterocycles. The second-order valence-corrected chi connectivity index (χ2v) is 8.70. The van der Waals surface area contributed by atoms with E-state index < -0.39 is 21.9 Å². The number of carbonyl (C=O) groups excluding carboxylic acids is 2. The fourth-order valence-corrected chi connectivity index (χ4v) is 3.98. The van der Waals surface area contributed by atoms with E-state index in [-0.39, 0.29) is 27.6 Å². The Kier molecular flexibility index (Phi) is 7.59. The van der Waals surface area contributed by atoms with Gasteiger partial charge in [-0.05, 0) is 54.4 Å². The molecule has 0 aliphatic rings. The third kappa shape index (κ3) is 5.95. The molecule has 0 saturated carbocycles. The van der Waals surface area contributed by atoms with Gasteiger partial charge < -0.3 is 15.2 Å². The lowest BCUT2D eigenvalue weighted by Gasteiger charge is -2.10. The standard InChI is InChI=1S/C23H21N3O7S/c1-33-20-5-3-2-4-15(20)12-13-24-21(27)16-6-9-18(10-7-16)34(31,32)26-22(28)17-8-11-19(23(29)30)25-14-17/h2-11,14H,12-13H2,1H3,(H,24,27)(H,26,28)(H,29,30). The van der Waals surface area contributed by atoms with Crippen LogP contribution in [0.4, 0.5) is 0 Å². The van der Waals surface area contributed by atoms with Gasteiger partial charge in [0.05, 0.1) is 17.6 Å². The van der Waals surface area contributed by atoms with Gasteiger partial charge in [-0.1, -0.05) is 18.2 Å². The molecule has 0 aliphatic carbocycles. The first-order valence-electron chi connectivity index (χ1n) is 9.98. The van der Waals surface area contributed by atoms with E-state index in [0.717, 1.165) is 29.6 Å². The normalized spacial score (nSPS) is 10.9. The van der Waals surface area contributed by atoms with E-state index in [1.54, 1.807) is 7.11 Å². The van der Waals surface area contributed by atoms with Gasteiger partial charge in [-0.3, -0.25) is 9.59 Å². The molecule has 1 aromatic heterocycles. The van der Waals surface area contributed by atoms with Crippen molar-refractivity contribution in [2.75, 3.05) is 13.7 Å². The van der Waals surface area contributed by atoms with Crippen LogP contribution in [0, 0.1) is 0 Å². The van der Waals surface area contributed by atoms with Crippen molar-refractivity contribution in [3.8, 4) is 5.75 Å². The number of carboxylic acids is 1. The van der Waals surface area contributed by atoms with E-state index in [1.165, 1.54) is 24.3 Å². The maximum absolute atomic E-state index is 12.5. The summed E-state index contributed by atoms with van der Waals surface area (Å²) in [6.07, 6.45) is 1.52. The second kappa shape index (κ2) is 10.6. The summed E-state index contributed by atoms with van der Waals surface area (Å²) in [6, 6.07) is 14.8. The molecule has 3 N–H and O–H groups in total. The SMILES string of the molecule is COc1ccccc1CCNC(=O)c1ccc(S(=O)(=O)NC(=O)c2ccc(C(=O)O)nc2)cc1. The Balaban J connectivity index is 1.60. The summed E-state index contributed by atoms with van der Waals surface area (Å²) in [5, 5.41) is 11.6. The highest BCUT2D eigenvalue weighted by atomic mass is 32.2. The van der Waals surface area contributed by atoms with Gasteiger partial charge in [0.25, 0.3) is 21.8 Å². The van der Waals surface area contributed by atoms with Gasteiger partial charge in [0.15, 0.2) is 0 Å². The molecule has 34 heavy (non-hydrogen) atoms. The molecular formula is C23H21N3O7S. The Labute approximate surface area is 195 Å². The molecule has 0 unspecified atom stereocenters. The van der Waals surface area contributed by atoms with E-state index in [4.69, 9.17) is 9.84 Å². The van der Waals surface area contributed by atoms with Gasteiger partial charge >= 0.3 is 5.97 Å². The topological polar surface area (TPSA) is 152 Å². The first-order valence-corrected chi connectivity index (χ1v) is 11.5. The first-order chi connectivity index (χ1) is 16.2. The lowest BCUT2D eigenvalue weighted by atomic mass is 10.1. The van der Waals surface area contributed by atoms with Crippen molar-refractivity contribution < 1.29 is 32.6 Å². The lowest BCUT2D eigenvalue weighted by molar-refractivity contribution is 0.0689. The van der Waals surface area contributed by atoms with Crippen molar-refractivity contribution in [3.63, 3.8) is 0 Å². The van der Waals surface area contributed by atoms with Crippen molar-refractivity contribution in [3.05, 3.63) is 89.2 Å². The number of hydrogen-bond acceptors (Lipinski definition) is 7. The third-order valence-corrected chi connectivity index (χ3v) is 6.12. The minimum absolute atomic E-state index is 0.125. The number of carboxylic acid groups (broad SMARTS) is 1. The van der Waals surface area contributed by atoms with Gasteiger partial charge in [-0.25, -0.2) is 22.9 Å². The van der Waals surface area contributed by atoms with Crippen LogP contribution in [0.3, 0.4) is 0 Å². The molecule has 10 nitrogen and oxygen atoms in total. The number of sulfonamides is 1. The Hall–Kier alpha value is -4.25. The highest BCUT2D eigenvalue weighted by molar-refractivity contribution is 7.90. The van der Waals surface area contributed by atoms with Gasteiger partial charge in [-0.2, -0.15) is 0 Å². The van der Waals surface area contributed by atoms with Gasteiger partial charge in [-0.15, -0.1) is 0 Å². The Morgan fingerprint density at radius 2 is 1.62 bits per heavy atom. The molecule has 0 atom stereocenters. The largest absolute Gasteiger partial charge is 0.496 e. The molecule has 0 spiro atoms. The van der Waals surface area contributed by atoms with Crippen LogP contribution in [0.2, 0.25) is 0 Å². The number of ether oxygens (including phenoxy) is 1. The minimum atomic E-state index is -4.23. The summed E-state index contributed by atoms with van der Waals surface area (Å²) in [4.78, 5) is 38.8. The average molecular weight is 484 g/mol. The highest BCUT2D eigenvalue weighted by Gasteiger charge is 2.20. The fourth-order valence-electron chi connectivity index (χ4n) is 3.00. The van der Waals surface area contributed by atoms with Gasteiger partial charge in [0, 0.05) is 18.3 Å². The molecule has 2 amide bonds. The number of aromatic nitrogens is 1. The van der Waals surface area contributed by atoms with Gasteiger partial charge in [0.2, 0.25) is 0 Å². The summed E-state index contributed by atoms with van der Waals surface area (Å²) in [7, 11) is -2.66. The van der Waals surface area contributed by atoms with Crippen LogP contribution < -0.4 is 14.8 Å². The Bertz CT molecular complexity index is 1310. The van der Waals surface area contributed by atoms with Crippen molar-refractivity contribution >= 4 is 27.8 Å². The zero-order valence-electron chi connectivity index (χ0n) is 18.0. The van der Waals surface area contributed by atoms with E-state index in [0.29, 0.717) is 13.0 Å². The van der Waals surface area contributed by atoms with Crippen LogP contribution in [0.5, 0.6) is 5.75 Å². The molecule has 176 valence electrons. The van der Waals surface area contributed by atoms with Crippen molar-refractivity contribution in [1.82, 2.24) is 15.0 Å². The van der Waals surface area contributed by atoms with Crippen LogP contribution in [-0.2, 0) is 16.4 Å². The number of nitrogens with one attached hydrogen (secondary N) is 2. The van der Waals surface area contributed by atoms with Crippen molar-refractivity contribution in [1.29, 1.82) is 0 Å². The molecule has 0 saturated heterocycles. The quantitative estimate of drug-likeness (QED) is 0.417. The van der Waals surface area contributed by atoms with Crippen LogP contribution in [0.15, 0.2) is 71.8 Å². The third-order valence-electron chi connectivity index (χ3n) is 4.77. The number of carbonyl (C=O) groups is 3. The monoisotopic (exact) mass is 483 g/mol. The van der Waals surface area contributed by atoms with Crippen molar-refractivity contribution in [2.24, 2.45) is 0 Å². The zero-order valence-corrected chi connectivity index (χ0v) is 18.8. The number of pyridine rings is 1. The predicted molar refractivity (Wildman–Crippen MR) is 121 cm³/mol. The molecule has 2 aromatic carbocycles. The summed E-state index contributed by atoms with van der Waals surface area (Å²) < 4.78 is 32.2. The number of para-hydroxylation sites is 1. The summed E-state index contributed by atoms with van der Waals surface area (Å²) >= 11 is 0. The Morgan fingerprint density at radius 3 is 2.24 bits per heavy atom. The number of benzene rings is 2. The van der Waals surface area contributed by atoms with Crippen LogP contribution in [0.1, 0.15) is 36.8 Å². The van der Waals surface area contributed by atoms with E-state index in [1.807, 2.05) is 29.0 Å². The molecule has 3 aromatic rings. The van der Waals surface area contributed by atoms with Gasteiger partial charge in [0.1, 0.15) is 11.4 Å². The maximum atomic E-state index is 12.5. The molecule has 11 heteroatoms. The van der Waals surface area contributed by atoms with E-state index in [9.17, 15) is 22.8 Å². The molecule has 0 aliphatic heterocycles. The predicted octanol–water partition coefficient (Wildman–Crippen LogP) is 1.88. The van der Waals surface area contributed by atoms with Crippen molar-refractivity contribution in [2.45, 2.75) is 11.3 Å². The van der Waals surface area contributed by atoms with Crippen LogP contribution >= 0.6 is 0 Å². The van der Waals surface area contributed by atoms with Crippen LogP contribution in [0.25, 0.3) is 0 Å². The smallest absolute Gasteiger partial charge is 0.354 e. The maximum Gasteiger partial charge on any atom is 0.354 e. The summed E-state index contributed by atoms with van der Waals surface area (Å²) in [5.41, 5.74) is 0.782. The molecule has 3 rings (SSSR count). The number of hydrogen-bond donors (Lipinski definition) is 3. The zero-order chi connectivity index (χ0) is 24.7. The number of rotatable bonds is 9. The number of nitrogens with zero attached hydrogens (tertiary/aromatic N) is 1.